The Morgan fingerprint density at radius 2 is 1.53 bits per heavy atom. The lowest BCUT2D eigenvalue weighted by molar-refractivity contribution is 0.226. The lowest BCUT2D eigenvalue weighted by atomic mass is 9.88. The summed E-state index contributed by atoms with van der Waals surface area (Å²) in [6.07, 6.45) is 13.9. The van der Waals surface area contributed by atoms with Crippen LogP contribution < -0.4 is 5.32 Å². The minimum absolute atomic E-state index is 0.00238. The number of hydrogen-bond donors (Lipinski definition) is 2. The Hall–Kier alpha value is -6.41. The highest BCUT2D eigenvalue weighted by molar-refractivity contribution is 6.10. The number of benzene rings is 6. The normalized spacial score (nSPS) is 18.7. The number of aromatic nitrogens is 1. The summed E-state index contributed by atoms with van der Waals surface area (Å²) in [5, 5.41) is 27.7. The number of nitriles is 1. The molecule has 0 radical (unpaired) electrons. The van der Waals surface area contributed by atoms with E-state index in [2.05, 4.69) is 137 Å². The van der Waals surface area contributed by atoms with E-state index in [1.807, 2.05) is 36.4 Å². The predicted molar refractivity (Wildman–Crippen MR) is 215 cm³/mol. The smallest absolute Gasteiger partial charge is 0.106 e. The largest absolute Gasteiger partial charge is 0.384 e. The van der Waals surface area contributed by atoms with Crippen LogP contribution in [0.1, 0.15) is 53.7 Å². The standard InChI is InChI=1S/C49H37N3O/c50-30-31-11-8-14-33(25-31)35-26-36(45-21-10-20-44(51-45)32-12-2-1-3-13-32)28-37(27-35)52-46-22-7-6-16-40(46)41-24-23-34(29-47(41)52)38-18-9-19-42-39-15-4-5-17-43(39)49(53)48(38)42/h1-2,4-11,14-29,32,45,49,51,53H,3,12-13H2/t32?,45?,49-/m1/s1. The van der Waals surface area contributed by atoms with Gasteiger partial charge in [0.15, 0.2) is 0 Å². The summed E-state index contributed by atoms with van der Waals surface area (Å²) in [5.74, 6) is 0.490. The van der Waals surface area contributed by atoms with E-state index in [0.29, 0.717) is 11.5 Å². The second kappa shape index (κ2) is 12.7. The molecule has 0 amide bonds. The van der Waals surface area contributed by atoms with Crippen molar-refractivity contribution in [1.29, 1.82) is 5.26 Å². The van der Waals surface area contributed by atoms with Gasteiger partial charge in [0.25, 0.3) is 0 Å². The summed E-state index contributed by atoms with van der Waals surface area (Å²) in [5.41, 5.74) is 14.7. The SMILES string of the molecule is N#Cc1cccc(-c2cc(C3C=CC=C(C4CC=CCC4)N3)cc(-n3c4ccccc4c4ccc(-c5cccc6c5[C@H](O)c5ccccc5-6)cc43)c2)c1. The quantitative estimate of drug-likeness (QED) is 0.178. The van der Waals surface area contributed by atoms with Gasteiger partial charge >= 0.3 is 0 Å². The summed E-state index contributed by atoms with van der Waals surface area (Å²) >= 11 is 0. The topological polar surface area (TPSA) is 61.0 Å². The van der Waals surface area contributed by atoms with Gasteiger partial charge in [0.1, 0.15) is 6.10 Å². The van der Waals surface area contributed by atoms with Crippen molar-refractivity contribution in [3.8, 4) is 45.1 Å². The number of para-hydroxylation sites is 1. The zero-order chi connectivity index (χ0) is 35.5. The summed E-state index contributed by atoms with van der Waals surface area (Å²) in [6, 6.07) is 47.0. The minimum Gasteiger partial charge on any atom is -0.384 e. The van der Waals surface area contributed by atoms with Gasteiger partial charge in [-0.05, 0) is 112 Å². The Kier molecular flexibility index (Phi) is 7.49. The molecule has 0 saturated carbocycles. The molecule has 254 valence electrons. The molecule has 53 heavy (non-hydrogen) atoms. The summed E-state index contributed by atoms with van der Waals surface area (Å²) in [4.78, 5) is 0. The van der Waals surface area contributed by atoms with Gasteiger partial charge in [-0.25, -0.2) is 0 Å². The zero-order valence-corrected chi connectivity index (χ0v) is 29.2. The Bertz CT molecular complexity index is 2740. The van der Waals surface area contributed by atoms with Crippen LogP contribution in [0.4, 0.5) is 0 Å². The van der Waals surface area contributed by atoms with E-state index < -0.39 is 6.10 Å². The lowest BCUT2D eigenvalue weighted by Crippen LogP contribution is -2.26. The van der Waals surface area contributed by atoms with Gasteiger partial charge in [-0.15, -0.1) is 0 Å². The number of nitrogens with zero attached hydrogens (tertiary/aromatic N) is 2. The first-order valence-corrected chi connectivity index (χ1v) is 18.5. The fraction of sp³-hybridized carbons (Fsp3) is 0.122. The first kappa shape index (κ1) is 31.3. The molecule has 6 aromatic carbocycles. The molecule has 3 aliphatic rings. The van der Waals surface area contributed by atoms with Crippen molar-refractivity contribution in [3.05, 3.63) is 186 Å². The molecule has 0 fully saturated rings. The number of nitrogens with one attached hydrogen (secondary N) is 1. The second-order valence-corrected chi connectivity index (χ2v) is 14.5. The lowest BCUT2D eigenvalue weighted by Gasteiger charge is -2.29. The molecule has 10 rings (SSSR count). The Labute approximate surface area is 309 Å². The van der Waals surface area contributed by atoms with Crippen LogP contribution in [-0.4, -0.2) is 9.67 Å². The van der Waals surface area contributed by atoms with Gasteiger partial charge in [-0.3, -0.25) is 0 Å². The van der Waals surface area contributed by atoms with Crippen molar-refractivity contribution in [2.75, 3.05) is 0 Å². The summed E-state index contributed by atoms with van der Waals surface area (Å²) in [6.45, 7) is 0. The van der Waals surface area contributed by atoms with Crippen LogP contribution >= 0.6 is 0 Å². The Morgan fingerprint density at radius 3 is 2.43 bits per heavy atom. The molecule has 2 aliphatic carbocycles. The first-order valence-electron chi connectivity index (χ1n) is 18.5. The maximum atomic E-state index is 11.6. The van der Waals surface area contributed by atoms with Crippen LogP contribution in [0.25, 0.3) is 60.9 Å². The molecule has 4 nitrogen and oxygen atoms in total. The number of fused-ring (bicyclic) bond motifs is 6. The molecule has 2 N–H and O–H groups in total. The molecule has 0 saturated heterocycles. The highest BCUT2D eigenvalue weighted by atomic mass is 16.3. The van der Waals surface area contributed by atoms with Crippen LogP contribution in [0.15, 0.2) is 163 Å². The Morgan fingerprint density at radius 1 is 0.698 bits per heavy atom. The van der Waals surface area contributed by atoms with Crippen LogP contribution in [0.2, 0.25) is 0 Å². The van der Waals surface area contributed by atoms with Gasteiger partial charge < -0.3 is 15.0 Å². The average Bonchev–Trinajstić information content (AvgIpc) is 3.72. The van der Waals surface area contributed by atoms with E-state index in [-0.39, 0.29) is 6.04 Å². The van der Waals surface area contributed by atoms with E-state index in [9.17, 15) is 10.4 Å². The molecule has 2 unspecified atom stereocenters. The molecular weight excluding hydrogens is 647 g/mol. The van der Waals surface area contributed by atoms with Gasteiger partial charge in [-0.2, -0.15) is 5.26 Å². The highest BCUT2D eigenvalue weighted by Gasteiger charge is 2.30. The van der Waals surface area contributed by atoms with Crippen LogP contribution in [0.5, 0.6) is 0 Å². The summed E-state index contributed by atoms with van der Waals surface area (Å²) in [7, 11) is 0. The third kappa shape index (κ3) is 5.24. The van der Waals surface area contributed by atoms with Crippen molar-refractivity contribution in [2.24, 2.45) is 5.92 Å². The molecule has 1 aliphatic heterocycles. The minimum atomic E-state index is -0.679. The van der Waals surface area contributed by atoms with Crippen LogP contribution in [0, 0.1) is 17.2 Å². The van der Waals surface area contributed by atoms with E-state index in [4.69, 9.17) is 0 Å². The van der Waals surface area contributed by atoms with Gasteiger partial charge in [0, 0.05) is 33.6 Å². The van der Waals surface area contributed by atoms with Crippen molar-refractivity contribution in [3.63, 3.8) is 0 Å². The third-order valence-corrected chi connectivity index (χ3v) is 11.4. The van der Waals surface area contributed by atoms with Crippen molar-refractivity contribution in [2.45, 2.75) is 31.4 Å². The average molecular weight is 684 g/mol. The molecule has 4 heteroatoms. The number of allylic oxidation sites excluding steroid dienone is 5. The Balaban J connectivity index is 1.17. The fourth-order valence-corrected chi connectivity index (χ4v) is 8.85. The number of aliphatic hydroxyl groups excluding tert-OH is 1. The second-order valence-electron chi connectivity index (χ2n) is 14.5. The monoisotopic (exact) mass is 683 g/mol. The van der Waals surface area contributed by atoms with Crippen molar-refractivity contribution in [1.82, 2.24) is 9.88 Å². The highest BCUT2D eigenvalue weighted by Crippen LogP contribution is 2.48. The van der Waals surface area contributed by atoms with E-state index >= 15 is 0 Å². The molecule has 0 bridgehead atoms. The van der Waals surface area contributed by atoms with E-state index in [0.717, 1.165) is 86.1 Å². The van der Waals surface area contributed by atoms with Gasteiger partial charge in [0.05, 0.1) is 28.7 Å². The molecular formula is C49H37N3O. The van der Waals surface area contributed by atoms with Crippen LogP contribution in [-0.2, 0) is 0 Å². The maximum absolute atomic E-state index is 11.6. The number of rotatable bonds is 5. The number of aliphatic hydroxyl groups is 1. The van der Waals surface area contributed by atoms with Gasteiger partial charge in [-0.1, -0.05) is 109 Å². The number of hydrogen-bond acceptors (Lipinski definition) is 3. The number of dihydropyridines is 1. The molecule has 7 aromatic rings. The molecule has 0 spiro atoms. The third-order valence-electron chi connectivity index (χ3n) is 11.4. The fourth-order valence-electron chi connectivity index (χ4n) is 8.85. The molecule has 1 aromatic heterocycles. The molecule has 2 heterocycles. The van der Waals surface area contributed by atoms with E-state index in [1.54, 1.807) is 0 Å². The van der Waals surface area contributed by atoms with Crippen molar-refractivity contribution < 1.29 is 5.11 Å². The molecule has 3 atom stereocenters. The first-order chi connectivity index (χ1) is 26.1. The van der Waals surface area contributed by atoms with E-state index in [1.165, 1.54) is 16.5 Å². The zero-order valence-electron chi connectivity index (χ0n) is 29.2. The van der Waals surface area contributed by atoms with Crippen LogP contribution in [0.3, 0.4) is 0 Å². The summed E-state index contributed by atoms with van der Waals surface area (Å²) < 4.78 is 2.39. The van der Waals surface area contributed by atoms with Gasteiger partial charge in [0.2, 0.25) is 0 Å². The maximum Gasteiger partial charge on any atom is 0.106 e. The predicted octanol–water partition coefficient (Wildman–Crippen LogP) is 11.5. The van der Waals surface area contributed by atoms with Crippen molar-refractivity contribution >= 4 is 21.8 Å².